The molecule has 2 aromatic heterocycles. The summed E-state index contributed by atoms with van der Waals surface area (Å²) in [6.45, 7) is 2.35. The van der Waals surface area contributed by atoms with Crippen molar-refractivity contribution in [1.29, 1.82) is 0 Å². The van der Waals surface area contributed by atoms with Gasteiger partial charge < -0.3 is 4.42 Å². The van der Waals surface area contributed by atoms with E-state index in [0.29, 0.717) is 5.82 Å². The molecule has 0 fully saturated rings. The van der Waals surface area contributed by atoms with Crippen LogP contribution in [-0.4, -0.2) is 9.97 Å². The molecule has 2 heterocycles. The quantitative estimate of drug-likeness (QED) is 0.186. The minimum absolute atomic E-state index is 0.249. The molecule has 0 saturated heterocycles. The van der Waals surface area contributed by atoms with E-state index >= 15 is 0 Å². The van der Waals surface area contributed by atoms with Crippen molar-refractivity contribution in [3.8, 4) is 56.2 Å². The second-order valence-corrected chi connectivity index (χ2v) is 13.5. The fraction of sp³-hybridized carbons (Fsp3) is 0.0417. The molecule has 0 radical (unpaired) electrons. The van der Waals surface area contributed by atoms with E-state index in [1.54, 1.807) is 0 Å². The minimum atomic E-state index is -0.249. The number of para-hydroxylation sites is 2. The lowest BCUT2D eigenvalue weighted by molar-refractivity contribution is 0.670. The summed E-state index contributed by atoms with van der Waals surface area (Å²) in [6, 6.07) is 62.1. The topological polar surface area (TPSA) is 38.9 Å². The van der Waals surface area contributed by atoms with Crippen molar-refractivity contribution in [3.05, 3.63) is 193 Å². The summed E-state index contributed by atoms with van der Waals surface area (Å²) in [5, 5.41) is 2.24. The van der Waals surface area contributed by atoms with Gasteiger partial charge in [0.05, 0.1) is 11.4 Å². The standard InChI is InChI=1S/C48H32N2O/c1-48(41-22-8-5-17-37(41)38-18-6-9-23-42(38)48)35-27-25-31(26-28-35)43-30-44(50-47(49-43)32-13-3-2-4-14-32)34-16-11-15-33(29-34)36-20-12-21-40-39-19-7-10-24-45(39)51-46(36)40/h2-30H,1H3. The molecule has 1 aliphatic carbocycles. The van der Waals surface area contributed by atoms with E-state index in [1.165, 1.54) is 27.8 Å². The van der Waals surface area contributed by atoms with Crippen molar-refractivity contribution in [2.24, 2.45) is 0 Å². The smallest absolute Gasteiger partial charge is 0.160 e. The first-order valence-corrected chi connectivity index (χ1v) is 17.4. The van der Waals surface area contributed by atoms with E-state index in [-0.39, 0.29) is 5.41 Å². The maximum Gasteiger partial charge on any atom is 0.160 e. The monoisotopic (exact) mass is 652 g/mol. The molecule has 0 saturated carbocycles. The summed E-state index contributed by atoms with van der Waals surface area (Å²) in [4.78, 5) is 10.3. The molecular weight excluding hydrogens is 621 g/mol. The Bertz CT molecular complexity index is 2710. The van der Waals surface area contributed by atoms with Crippen LogP contribution in [0.1, 0.15) is 23.6 Å². The van der Waals surface area contributed by atoms with Gasteiger partial charge in [0.25, 0.3) is 0 Å². The number of hydrogen-bond donors (Lipinski definition) is 0. The second-order valence-electron chi connectivity index (χ2n) is 13.5. The molecule has 240 valence electrons. The zero-order valence-electron chi connectivity index (χ0n) is 28.0. The van der Waals surface area contributed by atoms with E-state index < -0.39 is 0 Å². The van der Waals surface area contributed by atoms with Gasteiger partial charge in [0.2, 0.25) is 0 Å². The molecule has 3 heteroatoms. The number of benzene rings is 7. The van der Waals surface area contributed by atoms with Crippen LogP contribution in [0.4, 0.5) is 0 Å². The number of aromatic nitrogens is 2. The zero-order chi connectivity index (χ0) is 33.9. The fourth-order valence-electron chi connectivity index (χ4n) is 8.02. The van der Waals surface area contributed by atoms with Crippen molar-refractivity contribution in [2.45, 2.75) is 12.3 Å². The second kappa shape index (κ2) is 11.5. The summed E-state index contributed by atoms with van der Waals surface area (Å²) >= 11 is 0. The third-order valence-electron chi connectivity index (χ3n) is 10.6. The number of hydrogen-bond acceptors (Lipinski definition) is 3. The van der Waals surface area contributed by atoms with Crippen molar-refractivity contribution < 1.29 is 4.42 Å². The Morgan fingerprint density at radius 1 is 0.431 bits per heavy atom. The summed E-state index contributed by atoms with van der Waals surface area (Å²) in [5.41, 5.74) is 15.0. The van der Waals surface area contributed by atoms with Crippen LogP contribution >= 0.6 is 0 Å². The minimum Gasteiger partial charge on any atom is -0.455 e. The molecule has 0 atom stereocenters. The van der Waals surface area contributed by atoms with E-state index in [9.17, 15) is 0 Å². The van der Waals surface area contributed by atoms with Gasteiger partial charge in [0.15, 0.2) is 5.82 Å². The Morgan fingerprint density at radius 3 is 1.76 bits per heavy atom. The molecule has 0 unspecified atom stereocenters. The van der Waals surface area contributed by atoms with Crippen molar-refractivity contribution in [3.63, 3.8) is 0 Å². The molecule has 0 spiro atoms. The summed E-state index contributed by atoms with van der Waals surface area (Å²) < 4.78 is 6.40. The normalized spacial score (nSPS) is 13.0. The van der Waals surface area contributed by atoms with Crippen molar-refractivity contribution in [2.75, 3.05) is 0 Å². The SMILES string of the molecule is CC1(c2ccc(-c3cc(-c4cccc(-c5cccc6c5oc5ccccc56)c4)nc(-c4ccccc4)n3)cc2)c2ccccc2-c2ccccc21. The molecule has 0 bridgehead atoms. The van der Waals surface area contributed by atoms with Gasteiger partial charge in [-0.05, 0) is 58.5 Å². The molecule has 51 heavy (non-hydrogen) atoms. The first-order valence-electron chi connectivity index (χ1n) is 17.4. The van der Waals surface area contributed by atoms with Crippen LogP contribution in [0.5, 0.6) is 0 Å². The summed E-state index contributed by atoms with van der Waals surface area (Å²) in [5.74, 6) is 0.697. The highest BCUT2D eigenvalue weighted by molar-refractivity contribution is 6.09. The van der Waals surface area contributed by atoms with Gasteiger partial charge in [-0.3, -0.25) is 0 Å². The average molecular weight is 653 g/mol. The van der Waals surface area contributed by atoms with Gasteiger partial charge in [-0.1, -0.05) is 158 Å². The average Bonchev–Trinajstić information content (AvgIpc) is 3.72. The van der Waals surface area contributed by atoms with Gasteiger partial charge in [0.1, 0.15) is 11.2 Å². The van der Waals surface area contributed by atoms with E-state index in [0.717, 1.165) is 61.1 Å². The molecule has 3 nitrogen and oxygen atoms in total. The highest BCUT2D eigenvalue weighted by Crippen LogP contribution is 2.52. The molecule has 0 aliphatic heterocycles. The van der Waals surface area contributed by atoms with E-state index in [1.807, 2.05) is 30.3 Å². The zero-order valence-corrected chi connectivity index (χ0v) is 28.0. The molecule has 0 N–H and O–H groups in total. The van der Waals surface area contributed by atoms with Crippen LogP contribution in [0, 0.1) is 0 Å². The third-order valence-corrected chi connectivity index (χ3v) is 10.6. The predicted molar refractivity (Wildman–Crippen MR) is 208 cm³/mol. The summed E-state index contributed by atoms with van der Waals surface area (Å²) in [7, 11) is 0. The molecule has 0 amide bonds. The summed E-state index contributed by atoms with van der Waals surface area (Å²) in [6.07, 6.45) is 0. The Kier molecular flexibility index (Phi) is 6.62. The van der Waals surface area contributed by atoms with Crippen LogP contribution in [0.3, 0.4) is 0 Å². The van der Waals surface area contributed by atoms with Crippen LogP contribution < -0.4 is 0 Å². The van der Waals surface area contributed by atoms with Gasteiger partial charge in [-0.25, -0.2) is 9.97 Å². The first kappa shape index (κ1) is 29.3. The predicted octanol–water partition coefficient (Wildman–Crippen LogP) is 12.4. The van der Waals surface area contributed by atoms with Crippen LogP contribution in [0.15, 0.2) is 180 Å². The number of rotatable bonds is 5. The molecule has 1 aliphatic rings. The van der Waals surface area contributed by atoms with Crippen LogP contribution in [0.25, 0.3) is 78.1 Å². The van der Waals surface area contributed by atoms with Crippen LogP contribution in [0.2, 0.25) is 0 Å². The number of nitrogens with zero attached hydrogens (tertiary/aromatic N) is 2. The highest BCUT2D eigenvalue weighted by Gasteiger charge is 2.40. The molecule has 7 aromatic carbocycles. The Balaban J connectivity index is 1.08. The van der Waals surface area contributed by atoms with Gasteiger partial charge in [0, 0.05) is 38.4 Å². The Morgan fingerprint density at radius 2 is 1.00 bits per heavy atom. The third kappa shape index (κ3) is 4.66. The maximum absolute atomic E-state index is 6.40. The number of fused-ring (bicyclic) bond motifs is 6. The highest BCUT2D eigenvalue weighted by atomic mass is 16.3. The van der Waals surface area contributed by atoms with Crippen molar-refractivity contribution >= 4 is 21.9 Å². The lowest BCUT2D eigenvalue weighted by Gasteiger charge is -2.28. The van der Waals surface area contributed by atoms with Gasteiger partial charge in [-0.2, -0.15) is 0 Å². The fourth-order valence-corrected chi connectivity index (χ4v) is 8.02. The van der Waals surface area contributed by atoms with Gasteiger partial charge >= 0.3 is 0 Å². The maximum atomic E-state index is 6.40. The molecule has 10 rings (SSSR count). The van der Waals surface area contributed by atoms with Crippen molar-refractivity contribution in [1.82, 2.24) is 9.97 Å². The first-order chi connectivity index (χ1) is 25.1. The largest absolute Gasteiger partial charge is 0.455 e. The van der Waals surface area contributed by atoms with E-state index in [4.69, 9.17) is 14.4 Å². The van der Waals surface area contributed by atoms with Crippen LogP contribution in [-0.2, 0) is 5.41 Å². The molecule has 9 aromatic rings. The number of furan rings is 1. The van der Waals surface area contributed by atoms with E-state index in [2.05, 4.69) is 153 Å². The lowest BCUT2D eigenvalue weighted by Crippen LogP contribution is -2.22. The Labute approximate surface area is 296 Å². The Hall–Kier alpha value is -6.58. The van der Waals surface area contributed by atoms with Gasteiger partial charge in [-0.15, -0.1) is 0 Å². The molecular formula is C48H32N2O. The lowest BCUT2D eigenvalue weighted by atomic mass is 9.74.